The third-order valence-corrected chi connectivity index (χ3v) is 6.18. The molecule has 1 amide bonds. The number of hydrogen-bond donors (Lipinski definition) is 0. The topological polar surface area (TPSA) is 54.9 Å². The predicted molar refractivity (Wildman–Crippen MR) is 123 cm³/mol. The molecular weight excluding hydrogens is 398 g/mol. The molecule has 3 aromatic rings. The van der Waals surface area contributed by atoms with Gasteiger partial charge in [0.15, 0.2) is 5.13 Å². The summed E-state index contributed by atoms with van der Waals surface area (Å²) in [6.45, 7) is 9.51. The standard InChI is InChI=1S/C23H29N3O3S/c1-6-25(7-2)10-11-26(23-24-20-9-8-16(3)12-21(20)30-23)22(27)17-13-18(28-4)15-19(14-17)29-5/h8-9,12-15H,6-7,10-11H2,1-5H3. The highest BCUT2D eigenvalue weighted by Gasteiger charge is 2.23. The molecule has 2 aromatic carbocycles. The van der Waals surface area contributed by atoms with Crippen LogP contribution in [0.5, 0.6) is 11.5 Å². The SMILES string of the molecule is CCN(CC)CCN(C(=O)c1cc(OC)cc(OC)c1)c1nc2ccc(C)cc2s1. The normalized spacial score (nSPS) is 11.1. The van der Waals surface area contributed by atoms with Gasteiger partial charge in [0.25, 0.3) is 5.91 Å². The van der Waals surface area contributed by atoms with Gasteiger partial charge in [-0.05, 0) is 49.8 Å². The summed E-state index contributed by atoms with van der Waals surface area (Å²) in [5.74, 6) is 1.05. The molecule has 160 valence electrons. The Balaban J connectivity index is 2.00. The number of aromatic nitrogens is 1. The molecule has 0 spiro atoms. The van der Waals surface area contributed by atoms with E-state index in [1.165, 1.54) is 5.56 Å². The fourth-order valence-electron chi connectivity index (χ4n) is 3.29. The highest BCUT2D eigenvalue weighted by molar-refractivity contribution is 7.22. The van der Waals surface area contributed by atoms with Crippen LogP contribution in [0.2, 0.25) is 0 Å². The number of methoxy groups -OCH3 is 2. The molecule has 1 aromatic heterocycles. The minimum atomic E-state index is -0.116. The number of carbonyl (C=O) groups is 1. The summed E-state index contributed by atoms with van der Waals surface area (Å²) in [6, 6.07) is 11.4. The lowest BCUT2D eigenvalue weighted by Gasteiger charge is -2.25. The first-order valence-corrected chi connectivity index (χ1v) is 10.9. The van der Waals surface area contributed by atoms with Crippen LogP contribution in [0.15, 0.2) is 36.4 Å². The van der Waals surface area contributed by atoms with Crippen molar-refractivity contribution < 1.29 is 14.3 Å². The molecule has 0 radical (unpaired) electrons. The van der Waals surface area contributed by atoms with Crippen LogP contribution < -0.4 is 14.4 Å². The summed E-state index contributed by atoms with van der Waals surface area (Å²) >= 11 is 1.54. The molecule has 0 fully saturated rings. The Morgan fingerprint density at radius 2 is 1.67 bits per heavy atom. The smallest absolute Gasteiger partial charge is 0.260 e. The number of anilines is 1. The predicted octanol–water partition coefficient (Wildman–Crippen LogP) is 4.61. The maximum Gasteiger partial charge on any atom is 0.260 e. The Morgan fingerprint density at radius 1 is 1.00 bits per heavy atom. The first-order valence-electron chi connectivity index (χ1n) is 10.1. The van der Waals surface area contributed by atoms with Gasteiger partial charge in [0.1, 0.15) is 11.5 Å². The molecule has 0 N–H and O–H groups in total. The summed E-state index contributed by atoms with van der Waals surface area (Å²) in [5.41, 5.74) is 2.60. The summed E-state index contributed by atoms with van der Waals surface area (Å²) in [4.78, 5) is 22.4. The number of thiazole rings is 1. The van der Waals surface area contributed by atoms with Crippen molar-refractivity contribution in [2.24, 2.45) is 0 Å². The van der Waals surface area contributed by atoms with E-state index in [9.17, 15) is 4.79 Å². The van der Waals surface area contributed by atoms with E-state index in [1.54, 1.807) is 48.7 Å². The van der Waals surface area contributed by atoms with Gasteiger partial charge in [-0.25, -0.2) is 4.98 Å². The van der Waals surface area contributed by atoms with Crippen LogP contribution in [0.25, 0.3) is 10.2 Å². The van der Waals surface area contributed by atoms with Crippen LogP contribution in [-0.4, -0.2) is 56.2 Å². The summed E-state index contributed by atoms with van der Waals surface area (Å²) in [6.07, 6.45) is 0. The van der Waals surface area contributed by atoms with E-state index in [2.05, 4.69) is 31.7 Å². The van der Waals surface area contributed by atoms with Crippen LogP contribution >= 0.6 is 11.3 Å². The van der Waals surface area contributed by atoms with E-state index in [0.717, 1.165) is 29.9 Å². The third kappa shape index (κ3) is 4.91. The van der Waals surface area contributed by atoms with Crippen LogP contribution in [0, 0.1) is 6.92 Å². The van der Waals surface area contributed by atoms with Crippen LogP contribution in [-0.2, 0) is 0 Å². The van der Waals surface area contributed by atoms with Gasteiger partial charge in [0, 0.05) is 24.7 Å². The molecule has 0 aliphatic carbocycles. The zero-order valence-corrected chi connectivity index (χ0v) is 19.1. The Bertz CT molecular complexity index is 992. The number of fused-ring (bicyclic) bond motifs is 1. The average Bonchev–Trinajstić information content (AvgIpc) is 3.18. The molecular formula is C23H29N3O3S. The Morgan fingerprint density at radius 3 is 2.27 bits per heavy atom. The molecule has 0 atom stereocenters. The zero-order valence-electron chi connectivity index (χ0n) is 18.3. The quantitative estimate of drug-likeness (QED) is 0.499. The second kappa shape index (κ2) is 9.91. The van der Waals surface area contributed by atoms with Crippen molar-refractivity contribution in [1.29, 1.82) is 0 Å². The van der Waals surface area contributed by atoms with E-state index in [-0.39, 0.29) is 5.91 Å². The molecule has 6 nitrogen and oxygen atoms in total. The summed E-state index contributed by atoms with van der Waals surface area (Å²) in [5, 5.41) is 0.703. The Labute approximate surface area is 182 Å². The third-order valence-electron chi connectivity index (χ3n) is 5.14. The van der Waals surface area contributed by atoms with Gasteiger partial charge < -0.3 is 14.4 Å². The maximum atomic E-state index is 13.6. The number of aryl methyl sites for hydroxylation is 1. The lowest BCUT2D eigenvalue weighted by atomic mass is 10.1. The van der Waals surface area contributed by atoms with Gasteiger partial charge in [-0.15, -0.1) is 0 Å². The van der Waals surface area contributed by atoms with E-state index in [4.69, 9.17) is 14.5 Å². The Hall–Kier alpha value is -2.64. The summed E-state index contributed by atoms with van der Waals surface area (Å²) in [7, 11) is 3.16. The number of carbonyl (C=O) groups excluding carboxylic acids is 1. The Kier molecular flexibility index (Phi) is 7.29. The lowest BCUT2D eigenvalue weighted by molar-refractivity contribution is 0.0983. The van der Waals surface area contributed by atoms with Crippen molar-refractivity contribution in [3.63, 3.8) is 0 Å². The highest BCUT2D eigenvalue weighted by Crippen LogP contribution is 2.31. The molecule has 0 saturated heterocycles. The number of likely N-dealkylation sites (N-methyl/N-ethyl adjacent to an activating group) is 1. The van der Waals surface area contributed by atoms with Crippen LogP contribution in [0.3, 0.4) is 0 Å². The van der Waals surface area contributed by atoms with E-state index < -0.39 is 0 Å². The molecule has 0 aliphatic rings. The van der Waals surface area contributed by atoms with Gasteiger partial charge >= 0.3 is 0 Å². The maximum absolute atomic E-state index is 13.6. The van der Waals surface area contributed by atoms with Crippen molar-refractivity contribution in [3.8, 4) is 11.5 Å². The largest absolute Gasteiger partial charge is 0.497 e. The second-order valence-corrected chi connectivity index (χ2v) is 8.06. The molecule has 0 unspecified atom stereocenters. The average molecular weight is 428 g/mol. The van der Waals surface area contributed by atoms with Gasteiger partial charge in [-0.2, -0.15) is 0 Å². The fourth-order valence-corrected chi connectivity index (χ4v) is 4.38. The number of nitrogens with zero attached hydrogens (tertiary/aromatic N) is 3. The lowest BCUT2D eigenvalue weighted by Crippen LogP contribution is -2.38. The molecule has 0 saturated carbocycles. The van der Waals surface area contributed by atoms with Gasteiger partial charge in [-0.1, -0.05) is 31.3 Å². The summed E-state index contributed by atoms with van der Waals surface area (Å²) < 4.78 is 11.8. The van der Waals surface area contributed by atoms with Crippen molar-refractivity contribution in [1.82, 2.24) is 9.88 Å². The van der Waals surface area contributed by atoms with Gasteiger partial charge in [0.05, 0.1) is 24.4 Å². The van der Waals surface area contributed by atoms with E-state index in [0.29, 0.717) is 28.7 Å². The number of hydrogen-bond acceptors (Lipinski definition) is 6. The molecule has 0 aliphatic heterocycles. The minimum Gasteiger partial charge on any atom is -0.497 e. The zero-order chi connectivity index (χ0) is 21.7. The van der Waals surface area contributed by atoms with Crippen molar-refractivity contribution in [2.45, 2.75) is 20.8 Å². The van der Waals surface area contributed by atoms with Crippen molar-refractivity contribution in [3.05, 3.63) is 47.5 Å². The number of benzene rings is 2. The minimum absolute atomic E-state index is 0.116. The highest BCUT2D eigenvalue weighted by atomic mass is 32.1. The van der Waals surface area contributed by atoms with E-state index >= 15 is 0 Å². The van der Waals surface area contributed by atoms with Crippen LogP contribution in [0.1, 0.15) is 29.8 Å². The monoisotopic (exact) mass is 427 g/mol. The number of rotatable bonds is 9. The number of ether oxygens (including phenoxy) is 2. The molecule has 3 rings (SSSR count). The molecule has 1 heterocycles. The van der Waals surface area contributed by atoms with Gasteiger partial charge in [-0.3, -0.25) is 9.69 Å². The molecule has 30 heavy (non-hydrogen) atoms. The van der Waals surface area contributed by atoms with Gasteiger partial charge in [0.2, 0.25) is 0 Å². The van der Waals surface area contributed by atoms with Crippen molar-refractivity contribution in [2.75, 3.05) is 45.3 Å². The molecule has 0 bridgehead atoms. The van der Waals surface area contributed by atoms with Crippen LogP contribution in [0.4, 0.5) is 5.13 Å². The first-order chi connectivity index (χ1) is 14.5. The van der Waals surface area contributed by atoms with Crippen molar-refractivity contribution >= 4 is 32.6 Å². The second-order valence-electron chi connectivity index (χ2n) is 7.05. The molecule has 7 heteroatoms. The fraction of sp³-hybridized carbons (Fsp3) is 0.391. The number of amides is 1. The first kappa shape index (κ1) is 22.1. The van der Waals surface area contributed by atoms with E-state index in [1.807, 2.05) is 12.1 Å².